The zero-order valence-corrected chi connectivity index (χ0v) is 19.9. The quantitative estimate of drug-likeness (QED) is 0.516. The number of nitrogens with zero attached hydrogens (tertiary/aromatic N) is 2. The van der Waals surface area contributed by atoms with Gasteiger partial charge in [0.25, 0.3) is 0 Å². The van der Waals surface area contributed by atoms with Gasteiger partial charge in [-0.2, -0.15) is 0 Å². The van der Waals surface area contributed by atoms with Crippen molar-refractivity contribution in [2.75, 3.05) is 12.8 Å². The van der Waals surface area contributed by atoms with E-state index in [1.165, 1.54) is 6.26 Å². The summed E-state index contributed by atoms with van der Waals surface area (Å²) in [7, 11) is -3.31. The Hall–Kier alpha value is -3.09. The smallest absolute Gasteiger partial charge is 0.175 e. The van der Waals surface area contributed by atoms with Gasteiger partial charge in [-0.15, -0.1) is 0 Å². The van der Waals surface area contributed by atoms with Crippen molar-refractivity contribution in [3.63, 3.8) is 0 Å². The van der Waals surface area contributed by atoms with Crippen molar-refractivity contribution < 1.29 is 13.2 Å². The fourth-order valence-corrected chi connectivity index (χ4v) is 5.03. The number of rotatable bonds is 5. The monoisotopic (exact) mass is 460 g/mol. The molecule has 0 bridgehead atoms. The first-order chi connectivity index (χ1) is 15.6. The normalized spacial score (nSPS) is 20.2. The molecule has 170 valence electrons. The second kappa shape index (κ2) is 9.04. The second-order valence-corrected chi connectivity index (χ2v) is 11.2. The van der Waals surface area contributed by atoms with Crippen LogP contribution in [0.3, 0.4) is 0 Å². The zero-order valence-electron chi connectivity index (χ0n) is 19.1. The molecular formula is C27H28N2O3S. The second-order valence-electron chi connectivity index (χ2n) is 9.20. The Morgan fingerprint density at radius 2 is 1.67 bits per heavy atom. The molecule has 1 atom stereocenters. The molecule has 0 amide bonds. The number of hydrogen-bond acceptors (Lipinski definition) is 5. The van der Waals surface area contributed by atoms with E-state index in [4.69, 9.17) is 0 Å². The van der Waals surface area contributed by atoms with Crippen LogP contribution in [0.5, 0.6) is 0 Å². The summed E-state index contributed by atoms with van der Waals surface area (Å²) in [6, 6.07) is 22.3. The van der Waals surface area contributed by atoms with Gasteiger partial charge in [-0.05, 0) is 41.5 Å². The first-order valence-corrected chi connectivity index (χ1v) is 12.8. The Bertz CT molecular complexity index is 1270. The van der Waals surface area contributed by atoms with Gasteiger partial charge in [0.05, 0.1) is 16.6 Å². The lowest BCUT2D eigenvalue weighted by molar-refractivity contribution is -0.128. The van der Waals surface area contributed by atoms with Gasteiger partial charge in [0.2, 0.25) is 0 Å². The minimum atomic E-state index is -3.31. The molecule has 1 aromatic heterocycles. The summed E-state index contributed by atoms with van der Waals surface area (Å²) in [5.74, 6) is 0.0784. The number of sulfone groups is 1. The molecule has 1 aliphatic heterocycles. The van der Waals surface area contributed by atoms with Crippen molar-refractivity contribution in [2.24, 2.45) is 5.41 Å². The molecule has 1 unspecified atom stereocenters. The van der Waals surface area contributed by atoms with Crippen LogP contribution in [0.2, 0.25) is 0 Å². The summed E-state index contributed by atoms with van der Waals surface area (Å²) in [5, 5.41) is 0. The van der Waals surface area contributed by atoms with Gasteiger partial charge >= 0.3 is 0 Å². The lowest BCUT2D eigenvalue weighted by Gasteiger charge is -2.44. The molecule has 0 spiro atoms. The summed E-state index contributed by atoms with van der Waals surface area (Å²) in [5.41, 5.74) is 2.84. The molecule has 5 nitrogen and oxygen atoms in total. The Kier molecular flexibility index (Phi) is 6.32. The van der Waals surface area contributed by atoms with Crippen molar-refractivity contribution in [1.29, 1.82) is 0 Å². The molecule has 1 aliphatic rings. The van der Waals surface area contributed by atoms with Crippen LogP contribution in [0.25, 0.3) is 6.08 Å². The highest BCUT2D eigenvalue weighted by Crippen LogP contribution is 2.42. The number of carbonyl (C=O) groups is 1. The van der Waals surface area contributed by atoms with Crippen molar-refractivity contribution in [3.05, 3.63) is 101 Å². The average Bonchev–Trinajstić information content (AvgIpc) is 2.78. The van der Waals surface area contributed by atoms with Crippen LogP contribution in [0.1, 0.15) is 36.7 Å². The highest BCUT2D eigenvalue weighted by atomic mass is 32.2. The molecule has 1 saturated heterocycles. The van der Waals surface area contributed by atoms with Crippen LogP contribution < -0.4 is 0 Å². The number of aromatic nitrogens is 1. The summed E-state index contributed by atoms with van der Waals surface area (Å²) < 4.78 is 24.0. The fraction of sp³-hybridized carbons (Fsp3) is 0.259. The maximum absolute atomic E-state index is 13.6. The molecule has 3 aromatic rings. The van der Waals surface area contributed by atoms with Gasteiger partial charge in [0.1, 0.15) is 0 Å². The predicted molar refractivity (Wildman–Crippen MR) is 130 cm³/mol. The van der Waals surface area contributed by atoms with Crippen LogP contribution >= 0.6 is 0 Å². The number of pyridine rings is 1. The molecule has 2 aromatic carbocycles. The highest BCUT2D eigenvalue weighted by molar-refractivity contribution is 7.90. The molecule has 2 heterocycles. The van der Waals surface area contributed by atoms with E-state index in [9.17, 15) is 13.2 Å². The molecule has 1 fully saturated rings. The first kappa shape index (κ1) is 23.1. The molecule has 0 aliphatic carbocycles. The maximum atomic E-state index is 13.6. The predicted octanol–water partition coefficient (Wildman–Crippen LogP) is 4.72. The molecule has 0 saturated carbocycles. The maximum Gasteiger partial charge on any atom is 0.175 e. The summed E-state index contributed by atoms with van der Waals surface area (Å²) in [4.78, 5) is 20.6. The summed E-state index contributed by atoms with van der Waals surface area (Å²) in [6.45, 7) is 5.19. The number of Topliss-reactive ketones (excluding diaryl/α,β-unsaturated/α-hetero) is 1. The van der Waals surface area contributed by atoms with E-state index in [2.05, 4.69) is 22.0 Å². The van der Waals surface area contributed by atoms with Crippen molar-refractivity contribution in [3.8, 4) is 0 Å². The molecule has 33 heavy (non-hydrogen) atoms. The van der Waals surface area contributed by atoms with Gasteiger partial charge in [0, 0.05) is 36.5 Å². The average molecular weight is 461 g/mol. The van der Waals surface area contributed by atoms with E-state index >= 15 is 0 Å². The number of hydrogen-bond donors (Lipinski definition) is 0. The van der Waals surface area contributed by atoms with Crippen LogP contribution in [-0.2, 0) is 21.2 Å². The van der Waals surface area contributed by atoms with Crippen LogP contribution in [0.4, 0.5) is 0 Å². The van der Waals surface area contributed by atoms with Crippen molar-refractivity contribution in [2.45, 2.75) is 31.3 Å². The topological polar surface area (TPSA) is 67.3 Å². The van der Waals surface area contributed by atoms with E-state index in [0.29, 0.717) is 18.7 Å². The number of carbonyl (C=O) groups excluding carboxylic acids is 1. The fourth-order valence-electron chi connectivity index (χ4n) is 4.40. The lowest BCUT2D eigenvalue weighted by atomic mass is 9.74. The van der Waals surface area contributed by atoms with Gasteiger partial charge in [-0.25, -0.2) is 8.42 Å². The Morgan fingerprint density at radius 3 is 2.27 bits per heavy atom. The molecule has 4 rings (SSSR count). The SMILES string of the molecule is CC1(C)CN(Cc2ccccc2)C(c2ccc(S(C)(=O)=O)cc2)/C(=C\c2ccccn2)C1=O. The third kappa shape index (κ3) is 5.13. The van der Waals surface area contributed by atoms with Gasteiger partial charge in [0.15, 0.2) is 15.6 Å². The first-order valence-electron chi connectivity index (χ1n) is 10.9. The summed E-state index contributed by atoms with van der Waals surface area (Å²) in [6.07, 6.45) is 4.78. The highest BCUT2D eigenvalue weighted by Gasteiger charge is 2.44. The third-order valence-electron chi connectivity index (χ3n) is 5.98. The van der Waals surface area contributed by atoms with Gasteiger partial charge in [-0.3, -0.25) is 14.7 Å². The minimum Gasteiger partial charge on any atom is -0.294 e. The zero-order chi connectivity index (χ0) is 23.6. The third-order valence-corrected chi connectivity index (χ3v) is 7.11. The van der Waals surface area contributed by atoms with Crippen LogP contribution in [-0.4, -0.2) is 36.9 Å². The number of piperidine rings is 1. The molecule has 0 radical (unpaired) electrons. The standard InChI is InChI=1S/C27H28N2O3S/c1-27(2)19-29(18-20-9-5-4-6-10-20)25(21-12-14-23(15-13-21)33(3,31)32)24(26(27)30)17-22-11-7-8-16-28-22/h4-17,25H,18-19H2,1-3H3/b24-17+. The largest absolute Gasteiger partial charge is 0.294 e. The lowest BCUT2D eigenvalue weighted by Crippen LogP contribution is -2.49. The van der Waals surface area contributed by atoms with Crippen molar-refractivity contribution in [1.82, 2.24) is 9.88 Å². The van der Waals surface area contributed by atoms with Gasteiger partial charge < -0.3 is 0 Å². The van der Waals surface area contributed by atoms with Gasteiger partial charge in [-0.1, -0.05) is 62.4 Å². The molecular weight excluding hydrogens is 432 g/mol. The van der Waals surface area contributed by atoms with Crippen LogP contribution in [0, 0.1) is 5.41 Å². The summed E-state index contributed by atoms with van der Waals surface area (Å²) >= 11 is 0. The Balaban J connectivity index is 1.85. The van der Waals surface area contributed by atoms with E-state index in [1.54, 1.807) is 18.3 Å². The Morgan fingerprint density at radius 1 is 1.00 bits per heavy atom. The van der Waals surface area contributed by atoms with E-state index < -0.39 is 15.3 Å². The number of ketones is 1. The Labute approximate surface area is 195 Å². The van der Waals surface area contributed by atoms with E-state index in [1.807, 2.05) is 68.5 Å². The van der Waals surface area contributed by atoms with Crippen molar-refractivity contribution >= 4 is 21.7 Å². The molecule has 0 N–H and O–H groups in total. The van der Waals surface area contributed by atoms with E-state index in [0.717, 1.165) is 16.8 Å². The van der Waals surface area contributed by atoms with E-state index in [-0.39, 0.29) is 16.7 Å². The number of likely N-dealkylation sites (tertiary alicyclic amines) is 1. The minimum absolute atomic E-state index is 0.0784. The van der Waals surface area contributed by atoms with Crippen LogP contribution in [0.15, 0.2) is 89.5 Å². The molecule has 6 heteroatoms. The number of benzene rings is 2.